The fourth-order valence-electron chi connectivity index (χ4n) is 3.65. The van der Waals surface area contributed by atoms with Crippen molar-refractivity contribution < 1.29 is 0 Å². The molecule has 0 aromatic carbocycles. The number of nitrogens with zero attached hydrogens (tertiary/aromatic N) is 1. The van der Waals surface area contributed by atoms with E-state index in [1.807, 2.05) is 0 Å². The van der Waals surface area contributed by atoms with Gasteiger partial charge in [0.2, 0.25) is 0 Å². The molecule has 1 rings (SSSR count). The first-order valence-electron chi connectivity index (χ1n) is 9.47. The summed E-state index contributed by atoms with van der Waals surface area (Å²) in [7, 11) is 0. The van der Waals surface area contributed by atoms with E-state index in [-0.39, 0.29) is 0 Å². The maximum Gasteiger partial charge on any atom is 0.00645 e. The zero-order valence-corrected chi connectivity index (χ0v) is 15.4. The fraction of sp³-hybridized carbons (Fsp3) is 1.00. The second-order valence-electron chi connectivity index (χ2n) is 7.81. The van der Waals surface area contributed by atoms with Crippen LogP contribution in [0.2, 0.25) is 0 Å². The summed E-state index contributed by atoms with van der Waals surface area (Å²) in [6, 6.07) is 0.735. The Labute approximate surface area is 134 Å². The molecule has 2 nitrogen and oxygen atoms in total. The van der Waals surface area contributed by atoms with E-state index >= 15 is 0 Å². The molecule has 21 heavy (non-hydrogen) atoms. The van der Waals surface area contributed by atoms with Gasteiger partial charge < -0.3 is 10.2 Å². The molecule has 1 aliphatic carbocycles. The molecule has 0 bridgehead atoms. The summed E-state index contributed by atoms with van der Waals surface area (Å²) < 4.78 is 0. The van der Waals surface area contributed by atoms with Crippen molar-refractivity contribution in [2.24, 2.45) is 11.3 Å². The minimum Gasteiger partial charge on any atom is -0.316 e. The molecule has 0 amide bonds. The van der Waals surface area contributed by atoms with E-state index in [0.29, 0.717) is 5.41 Å². The Hall–Kier alpha value is -0.0800. The van der Waals surface area contributed by atoms with Crippen LogP contribution in [0.3, 0.4) is 0 Å². The molecule has 0 aliphatic heterocycles. The van der Waals surface area contributed by atoms with Gasteiger partial charge in [-0.05, 0) is 57.0 Å². The highest BCUT2D eigenvalue weighted by molar-refractivity contribution is 4.90. The topological polar surface area (TPSA) is 15.3 Å². The SMILES string of the molecule is CCCCN(CC1(CNCC(C)C)CCCC1)C(C)CC. The lowest BCUT2D eigenvalue weighted by molar-refractivity contribution is 0.110. The van der Waals surface area contributed by atoms with Crippen LogP contribution in [-0.2, 0) is 0 Å². The molecule has 1 atom stereocenters. The van der Waals surface area contributed by atoms with Crippen LogP contribution in [0.15, 0.2) is 0 Å². The Morgan fingerprint density at radius 1 is 1.10 bits per heavy atom. The van der Waals surface area contributed by atoms with E-state index in [4.69, 9.17) is 0 Å². The molecule has 1 N–H and O–H groups in total. The maximum absolute atomic E-state index is 3.76. The predicted octanol–water partition coefficient (Wildman–Crippen LogP) is 4.69. The molecule has 2 heteroatoms. The van der Waals surface area contributed by atoms with Gasteiger partial charge in [0.15, 0.2) is 0 Å². The first kappa shape index (κ1) is 19.0. The number of hydrogen-bond acceptors (Lipinski definition) is 2. The Morgan fingerprint density at radius 2 is 1.76 bits per heavy atom. The molecule has 0 spiro atoms. The minimum atomic E-state index is 0.548. The summed E-state index contributed by atoms with van der Waals surface area (Å²) in [6.07, 6.45) is 9.66. The van der Waals surface area contributed by atoms with E-state index in [1.165, 1.54) is 71.1 Å². The fourth-order valence-corrected chi connectivity index (χ4v) is 3.65. The molecule has 126 valence electrons. The van der Waals surface area contributed by atoms with Crippen LogP contribution < -0.4 is 5.32 Å². The lowest BCUT2D eigenvalue weighted by Gasteiger charge is -2.39. The van der Waals surface area contributed by atoms with E-state index in [2.05, 4.69) is 44.8 Å². The van der Waals surface area contributed by atoms with E-state index in [9.17, 15) is 0 Å². The summed E-state index contributed by atoms with van der Waals surface area (Å²) in [5, 5.41) is 3.76. The normalized spacial score (nSPS) is 19.6. The van der Waals surface area contributed by atoms with Crippen LogP contribution in [0, 0.1) is 11.3 Å². The molecule has 1 unspecified atom stereocenters. The van der Waals surface area contributed by atoms with Gasteiger partial charge in [0.1, 0.15) is 0 Å². The van der Waals surface area contributed by atoms with Crippen molar-refractivity contribution in [1.29, 1.82) is 0 Å². The van der Waals surface area contributed by atoms with Crippen molar-refractivity contribution in [1.82, 2.24) is 10.2 Å². The van der Waals surface area contributed by atoms with Gasteiger partial charge in [-0.2, -0.15) is 0 Å². The average molecular weight is 297 g/mol. The molecular formula is C19H40N2. The number of hydrogen-bond donors (Lipinski definition) is 1. The molecule has 0 saturated heterocycles. The van der Waals surface area contributed by atoms with Crippen molar-refractivity contribution in [3.8, 4) is 0 Å². The van der Waals surface area contributed by atoms with Gasteiger partial charge in [-0.1, -0.05) is 47.0 Å². The first-order chi connectivity index (χ1) is 10.0. The third kappa shape index (κ3) is 6.69. The smallest absolute Gasteiger partial charge is 0.00645 e. The van der Waals surface area contributed by atoms with Gasteiger partial charge in [-0.25, -0.2) is 0 Å². The maximum atomic E-state index is 3.76. The van der Waals surface area contributed by atoms with Crippen molar-refractivity contribution >= 4 is 0 Å². The van der Waals surface area contributed by atoms with Crippen molar-refractivity contribution in [3.05, 3.63) is 0 Å². The predicted molar refractivity (Wildman–Crippen MR) is 94.8 cm³/mol. The molecule has 1 aliphatic rings. The molecule has 0 aromatic rings. The highest BCUT2D eigenvalue weighted by Gasteiger charge is 2.35. The van der Waals surface area contributed by atoms with E-state index in [1.54, 1.807) is 0 Å². The number of unbranched alkanes of at least 4 members (excludes halogenated alkanes) is 1. The van der Waals surface area contributed by atoms with Crippen molar-refractivity contribution in [3.63, 3.8) is 0 Å². The first-order valence-corrected chi connectivity index (χ1v) is 9.47. The van der Waals surface area contributed by atoms with Crippen LogP contribution >= 0.6 is 0 Å². The van der Waals surface area contributed by atoms with E-state index < -0.39 is 0 Å². The minimum absolute atomic E-state index is 0.548. The Morgan fingerprint density at radius 3 is 2.29 bits per heavy atom. The summed E-state index contributed by atoms with van der Waals surface area (Å²) in [4.78, 5) is 2.78. The van der Waals surface area contributed by atoms with Gasteiger partial charge in [0.05, 0.1) is 0 Å². The molecule has 0 heterocycles. The third-order valence-corrected chi connectivity index (χ3v) is 5.27. The molecule has 1 saturated carbocycles. The molecule has 0 aromatic heterocycles. The van der Waals surface area contributed by atoms with E-state index in [0.717, 1.165) is 12.0 Å². The second kappa shape index (κ2) is 9.84. The highest BCUT2D eigenvalue weighted by Crippen LogP contribution is 2.39. The monoisotopic (exact) mass is 296 g/mol. The Bertz CT molecular complexity index is 256. The van der Waals surface area contributed by atoms with Gasteiger partial charge in [0.25, 0.3) is 0 Å². The van der Waals surface area contributed by atoms with Crippen molar-refractivity contribution in [2.45, 2.75) is 85.6 Å². The largest absolute Gasteiger partial charge is 0.316 e. The summed E-state index contributed by atoms with van der Waals surface area (Å²) in [5.41, 5.74) is 0.548. The quantitative estimate of drug-likeness (QED) is 0.595. The van der Waals surface area contributed by atoms with Crippen LogP contribution in [0.25, 0.3) is 0 Å². The number of rotatable bonds is 11. The van der Waals surface area contributed by atoms with Gasteiger partial charge in [0, 0.05) is 19.1 Å². The van der Waals surface area contributed by atoms with Gasteiger partial charge >= 0.3 is 0 Å². The lowest BCUT2D eigenvalue weighted by atomic mass is 9.84. The lowest BCUT2D eigenvalue weighted by Crippen LogP contribution is -2.46. The zero-order valence-electron chi connectivity index (χ0n) is 15.4. The molecular weight excluding hydrogens is 256 g/mol. The standard InChI is InChI=1S/C19H40N2/c1-6-8-13-21(18(5)7-2)16-19(11-9-10-12-19)15-20-14-17(3)4/h17-18,20H,6-16H2,1-5H3. The van der Waals surface area contributed by atoms with Gasteiger partial charge in [-0.15, -0.1) is 0 Å². The summed E-state index contributed by atoms with van der Waals surface area (Å²) >= 11 is 0. The van der Waals surface area contributed by atoms with Crippen LogP contribution in [0.1, 0.15) is 79.6 Å². The molecule has 1 fully saturated rings. The Balaban J connectivity index is 2.59. The highest BCUT2D eigenvalue weighted by atomic mass is 15.2. The average Bonchev–Trinajstić information content (AvgIpc) is 2.91. The van der Waals surface area contributed by atoms with Crippen molar-refractivity contribution in [2.75, 3.05) is 26.2 Å². The van der Waals surface area contributed by atoms with Crippen LogP contribution in [0.4, 0.5) is 0 Å². The second-order valence-corrected chi connectivity index (χ2v) is 7.81. The third-order valence-electron chi connectivity index (χ3n) is 5.27. The number of nitrogens with one attached hydrogen (secondary N) is 1. The zero-order chi connectivity index (χ0) is 15.7. The van der Waals surface area contributed by atoms with Crippen LogP contribution in [-0.4, -0.2) is 37.1 Å². The molecule has 0 radical (unpaired) electrons. The summed E-state index contributed by atoms with van der Waals surface area (Å²) in [6.45, 7) is 16.7. The Kier molecular flexibility index (Phi) is 8.89. The summed E-state index contributed by atoms with van der Waals surface area (Å²) in [5.74, 6) is 0.759. The van der Waals surface area contributed by atoms with Gasteiger partial charge in [-0.3, -0.25) is 0 Å². The van der Waals surface area contributed by atoms with Crippen LogP contribution in [0.5, 0.6) is 0 Å².